The summed E-state index contributed by atoms with van der Waals surface area (Å²) in [4.78, 5) is 28.8. The molecule has 3 aromatic rings. The lowest BCUT2D eigenvalue weighted by molar-refractivity contribution is 0.0523. The summed E-state index contributed by atoms with van der Waals surface area (Å²) < 4.78 is 5.31. The average molecular weight is 492 g/mol. The fraction of sp³-hybridized carbons (Fsp3) is 0.517. The quantitative estimate of drug-likeness (QED) is 0.447. The van der Waals surface area contributed by atoms with E-state index in [4.69, 9.17) is 14.7 Å². The molecule has 1 aliphatic rings. The summed E-state index contributed by atoms with van der Waals surface area (Å²) in [7, 11) is 0. The predicted octanol–water partition coefficient (Wildman–Crippen LogP) is 6.53. The lowest BCUT2D eigenvalue weighted by atomic mass is 9.92. The van der Waals surface area contributed by atoms with Crippen molar-refractivity contribution in [3.05, 3.63) is 47.8 Å². The first-order valence-corrected chi connectivity index (χ1v) is 13.0. The fourth-order valence-corrected chi connectivity index (χ4v) is 4.57. The zero-order chi connectivity index (χ0) is 26.5. The van der Waals surface area contributed by atoms with Gasteiger partial charge in [0.25, 0.3) is 0 Å². The van der Waals surface area contributed by atoms with E-state index in [-0.39, 0.29) is 6.54 Å². The minimum absolute atomic E-state index is 0.273. The SMILES string of the molecule is CC.Cc1ccc(N2CC(C)CC(C)C2)nc1-c1ccc2cnc(CNC(=O)OC(C)(C)C)cc2n1. The number of carbonyl (C=O) groups excluding carboxylic acids is 1. The number of hydrogen-bond acceptors (Lipinski definition) is 6. The molecule has 3 aromatic heterocycles. The summed E-state index contributed by atoms with van der Waals surface area (Å²) in [6.45, 7) is 18.5. The number of ether oxygens (including phenoxy) is 1. The summed E-state index contributed by atoms with van der Waals surface area (Å²) in [6.07, 6.45) is 2.58. The number of fused-ring (bicyclic) bond motifs is 1. The Morgan fingerprint density at radius 3 is 2.44 bits per heavy atom. The number of rotatable bonds is 4. The maximum atomic E-state index is 12.0. The van der Waals surface area contributed by atoms with Crippen molar-refractivity contribution in [2.75, 3.05) is 18.0 Å². The van der Waals surface area contributed by atoms with E-state index in [1.165, 1.54) is 6.42 Å². The molecule has 4 heterocycles. The predicted molar refractivity (Wildman–Crippen MR) is 147 cm³/mol. The van der Waals surface area contributed by atoms with Crippen molar-refractivity contribution in [2.24, 2.45) is 11.8 Å². The van der Waals surface area contributed by atoms with Crippen molar-refractivity contribution >= 4 is 22.8 Å². The molecule has 1 saturated heterocycles. The van der Waals surface area contributed by atoms with Crippen LogP contribution in [0.1, 0.15) is 66.1 Å². The molecule has 1 fully saturated rings. The van der Waals surface area contributed by atoms with Gasteiger partial charge < -0.3 is 15.0 Å². The molecule has 1 N–H and O–H groups in total. The van der Waals surface area contributed by atoms with E-state index >= 15 is 0 Å². The first-order valence-electron chi connectivity index (χ1n) is 13.0. The number of aryl methyl sites for hydroxylation is 1. The number of nitrogens with one attached hydrogen (secondary N) is 1. The van der Waals surface area contributed by atoms with Crippen LogP contribution in [0.25, 0.3) is 22.3 Å². The van der Waals surface area contributed by atoms with Gasteiger partial charge in [-0.2, -0.15) is 0 Å². The second-order valence-electron chi connectivity index (χ2n) is 10.6. The third kappa shape index (κ3) is 7.15. The van der Waals surface area contributed by atoms with Crippen molar-refractivity contribution < 1.29 is 9.53 Å². The van der Waals surface area contributed by atoms with Crippen molar-refractivity contribution in [1.29, 1.82) is 0 Å². The van der Waals surface area contributed by atoms with Crippen LogP contribution in [-0.4, -0.2) is 39.7 Å². The number of hydrogen-bond donors (Lipinski definition) is 1. The van der Waals surface area contributed by atoms with E-state index < -0.39 is 11.7 Å². The standard InChI is InChI=1S/C27H35N5O2.C2H6/c1-17-11-18(2)16-32(15-17)24-10-7-19(3)25(31-24)22-9-8-20-13-28-21(12-23(20)30-22)14-29-26(33)34-27(4,5)6;1-2/h7-10,12-13,17-18H,11,14-16H2,1-6H3,(H,29,33);1-2H3. The lowest BCUT2D eigenvalue weighted by Crippen LogP contribution is -2.39. The van der Waals surface area contributed by atoms with E-state index in [1.54, 1.807) is 6.20 Å². The van der Waals surface area contributed by atoms with Gasteiger partial charge in [0.05, 0.1) is 29.1 Å². The normalized spacial score (nSPS) is 17.8. The Balaban J connectivity index is 0.00000176. The van der Waals surface area contributed by atoms with Gasteiger partial charge in [-0.3, -0.25) is 4.98 Å². The lowest BCUT2D eigenvalue weighted by Gasteiger charge is -2.36. The first kappa shape index (κ1) is 27.4. The molecule has 0 bridgehead atoms. The molecule has 0 radical (unpaired) electrons. The zero-order valence-electron chi connectivity index (χ0n) is 23.1. The second kappa shape index (κ2) is 11.7. The molecule has 7 nitrogen and oxygen atoms in total. The molecule has 1 aliphatic heterocycles. The van der Waals surface area contributed by atoms with Gasteiger partial charge in [-0.15, -0.1) is 0 Å². The summed E-state index contributed by atoms with van der Waals surface area (Å²) in [5, 5.41) is 3.70. The molecule has 2 atom stereocenters. The molecule has 4 rings (SSSR count). The Labute approximate surface area is 215 Å². The van der Waals surface area contributed by atoms with Gasteiger partial charge in [0.1, 0.15) is 11.4 Å². The van der Waals surface area contributed by atoms with Gasteiger partial charge >= 0.3 is 6.09 Å². The number of carbonyl (C=O) groups is 1. The Kier molecular flexibility index (Phi) is 8.88. The number of piperidine rings is 1. The Morgan fingerprint density at radius 1 is 1.08 bits per heavy atom. The summed E-state index contributed by atoms with van der Waals surface area (Å²) >= 11 is 0. The number of anilines is 1. The molecule has 0 aromatic carbocycles. The van der Waals surface area contributed by atoms with Crippen LogP contribution >= 0.6 is 0 Å². The monoisotopic (exact) mass is 491 g/mol. The van der Waals surface area contributed by atoms with Crippen LogP contribution in [0.15, 0.2) is 36.5 Å². The molecular weight excluding hydrogens is 450 g/mol. The zero-order valence-corrected chi connectivity index (χ0v) is 23.1. The minimum atomic E-state index is -0.541. The number of amides is 1. The first-order chi connectivity index (χ1) is 17.1. The van der Waals surface area contributed by atoms with E-state index in [1.807, 2.05) is 52.8 Å². The number of nitrogens with zero attached hydrogens (tertiary/aromatic N) is 4. The average Bonchev–Trinajstić information content (AvgIpc) is 2.82. The van der Waals surface area contributed by atoms with Gasteiger partial charge in [-0.1, -0.05) is 33.8 Å². The van der Waals surface area contributed by atoms with Crippen LogP contribution in [0.5, 0.6) is 0 Å². The van der Waals surface area contributed by atoms with Gasteiger partial charge in [0.15, 0.2) is 0 Å². The molecule has 0 spiro atoms. The van der Waals surface area contributed by atoms with Crippen LogP contribution in [0.3, 0.4) is 0 Å². The van der Waals surface area contributed by atoms with Gasteiger partial charge in [0.2, 0.25) is 0 Å². The Bertz CT molecular complexity index is 1180. The molecule has 2 unspecified atom stereocenters. The van der Waals surface area contributed by atoms with Crippen molar-refractivity contribution in [3.8, 4) is 11.4 Å². The highest BCUT2D eigenvalue weighted by molar-refractivity contribution is 5.81. The molecule has 0 saturated carbocycles. The van der Waals surface area contributed by atoms with Crippen LogP contribution in [0, 0.1) is 18.8 Å². The van der Waals surface area contributed by atoms with E-state index in [0.29, 0.717) is 11.8 Å². The van der Waals surface area contributed by atoms with Crippen molar-refractivity contribution in [3.63, 3.8) is 0 Å². The molecule has 7 heteroatoms. The van der Waals surface area contributed by atoms with E-state index in [9.17, 15) is 4.79 Å². The van der Waals surface area contributed by atoms with E-state index in [0.717, 1.165) is 52.5 Å². The van der Waals surface area contributed by atoms with Crippen LogP contribution in [0.4, 0.5) is 10.6 Å². The fourth-order valence-electron chi connectivity index (χ4n) is 4.57. The van der Waals surface area contributed by atoms with Crippen molar-refractivity contribution in [2.45, 2.75) is 74.0 Å². The summed E-state index contributed by atoms with van der Waals surface area (Å²) in [6, 6.07) is 10.2. The number of aromatic nitrogens is 3. The van der Waals surface area contributed by atoms with Gasteiger partial charge in [-0.25, -0.2) is 14.8 Å². The smallest absolute Gasteiger partial charge is 0.407 e. The molecular formula is C29H41N5O2. The largest absolute Gasteiger partial charge is 0.444 e. The molecule has 0 aliphatic carbocycles. The Morgan fingerprint density at radius 2 is 1.78 bits per heavy atom. The van der Waals surface area contributed by atoms with Crippen molar-refractivity contribution in [1.82, 2.24) is 20.3 Å². The topological polar surface area (TPSA) is 80.2 Å². The van der Waals surface area contributed by atoms with Gasteiger partial charge in [0, 0.05) is 24.7 Å². The van der Waals surface area contributed by atoms with Crippen LogP contribution in [0.2, 0.25) is 0 Å². The Hall–Kier alpha value is -3.22. The van der Waals surface area contributed by atoms with Gasteiger partial charge in [-0.05, 0) is 75.8 Å². The third-order valence-electron chi connectivity index (χ3n) is 5.96. The highest BCUT2D eigenvalue weighted by atomic mass is 16.6. The molecule has 194 valence electrons. The maximum Gasteiger partial charge on any atom is 0.407 e. The summed E-state index contributed by atoms with van der Waals surface area (Å²) in [5.74, 6) is 2.33. The number of alkyl carbamates (subject to hydrolysis) is 1. The van der Waals surface area contributed by atoms with Crippen LogP contribution in [-0.2, 0) is 11.3 Å². The second-order valence-corrected chi connectivity index (χ2v) is 10.6. The van der Waals surface area contributed by atoms with E-state index in [2.05, 4.69) is 48.1 Å². The highest BCUT2D eigenvalue weighted by Crippen LogP contribution is 2.29. The molecule has 1 amide bonds. The number of pyridine rings is 3. The highest BCUT2D eigenvalue weighted by Gasteiger charge is 2.23. The third-order valence-corrected chi connectivity index (χ3v) is 5.96. The summed E-state index contributed by atoms with van der Waals surface area (Å²) in [5.41, 5.74) is 3.83. The molecule has 36 heavy (non-hydrogen) atoms. The maximum absolute atomic E-state index is 12.0. The minimum Gasteiger partial charge on any atom is -0.444 e. The van der Waals surface area contributed by atoms with Crippen LogP contribution < -0.4 is 10.2 Å².